The second kappa shape index (κ2) is 8.28. The first kappa shape index (κ1) is 20.7. The van der Waals surface area contributed by atoms with Gasteiger partial charge in [0.05, 0.1) is 17.7 Å². The van der Waals surface area contributed by atoms with Crippen LogP contribution in [0, 0.1) is 0 Å². The number of fused-ring (bicyclic) bond motifs is 1. The van der Waals surface area contributed by atoms with E-state index in [2.05, 4.69) is 5.32 Å². The summed E-state index contributed by atoms with van der Waals surface area (Å²) in [4.78, 5) is 13.7. The van der Waals surface area contributed by atoms with E-state index in [0.717, 1.165) is 0 Å². The maximum atomic E-state index is 13.5. The van der Waals surface area contributed by atoms with Gasteiger partial charge in [-0.3, -0.25) is 9.10 Å². The van der Waals surface area contributed by atoms with Crippen molar-refractivity contribution in [1.29, 1.82) is 0 Å². The number of ether oxygens (including phenoxy) is 1. The molecule has 1 heterocycles. The molecule has 0 aliphatic carbocycles. The minimum Gasteiger partial charge on any atom is -0.497 e. The van der Waals surface area contributed by atoms with Gasteiger partial charge < -0.3 is 10.1 Å². The van der Waals surface area contributed by atoms with E-state index in [9.17, 15) is 13.2 Å². The molecular formula is C24H22N2O4S. The lowest BCUT2D eigenvalue weighted by atomic mass is 10.0. The molecule has 0 radical (unpaired) electrons. The molecular weight excluding hydrogens is 412 g/mol. The predicted octanol–water partition coefficient (Wildman–Crippen LogP) is 4.38. The first-order valence-corrected chi connectivity index (χ1v) is 11.3. The number of allylic oxidation sites excluding steroid dienone is 1. The average Bonchev–Trinajstić information content (AvgIpc) is 2.81. The Kier molecular flexibility index (Phi) is 5.52. The maximum Gasteiger partial charge on any atom is 0.265 e. The van der Waals surface area contributed by atoms with E-state index in [-0.39, 0.29) is 22.9 Å². The summed E-state index contributed by atoms with van der Waals surface area (Å²) in [5.41, 5.74) is 2.13. The lowest BCUT2D eigenvalue weighted by molar-refractivity contribution is 0.101. The van der Waals surface area contributed by atoms with Crippen molar-refractivity contribution in [2.75, 3.05) is 19.0 Å². The third kappa shape index (κ3) is 3.68. The molecule has 0 amide bonds. The Labute approximate surface area is 181 Å². The molecule has 4 rings (SSSR count). The molecule has 0 saturated carbocycles. The molecule has 158 valence electrons. The van der Waals surface area contributed by atoms with Crippen LogP contribution in [0.5, 0.6) is 5.75 Å². The zero-order valence-corrected chi connectivity index (χ0v) is 18.0. The number of hydrogen-bond donors (Lipinski definition) is 1. The summed E-state index contributed by atoms with van der Waals surface area (Å²) < 4.78 is 33.1. The molecule has 7 heteroatoms. The molecule has 1 aliphatic heterocycles. The molecule has 6 nitrogen and oxygen atoms in total. The fourth-order valence-corrected chi connectivity index (χ4v) is 5.31. The Morgan fingerprint density at radius 2 is 1.58 bits per heavy atom. The SMILES string of the molecule is CCN1C(C(=O)c2ccccc2)=C(Nc2ccc(OC)cc2)c2ccccc2S1(=O)=O. The molecule has 0 unspecified atom stereocenters. The Balaban J connectivity index is 1.96. The number of methoxy groups -OCH3 is 1. The molecule has 0 fully saturated rings. The number of rotatable bonds is 6. The van der Waals surface area contributed by atoms with Crippen LogP contribution in [0.1, 0.15) is 22.8 Å². The van der Waals surface area contributed by atoms with Crippen LogP contribution in [0.25, 0.3) is 5.70 Å². The minimum absolute atomic E-state index is 0.100. The number of nitrogens with one attached hydrogen (secondary N) is 1. The van der Waals surface area contributed by atoms with E-state index in [1.54, 1.807) is 74.7 Å². The predicted molar refractivity (Wildman–Crippen MR) is 120 cm³/mol. The summed E-state index contributed by atoms with van der Waals surface area (Å²) in [5, 5.41) is 3.29. The van der Waals surface area contributed by atoms with E-state index in [1.165, 1.54) is 4.31 Å². The van der Waals surface area contributed by atoms with Gasteiger partial charge >= 0.3 is 0 Å². The highest BCUT2D eigenvalue weighted by Gasteiger charge is 2.39. The van der Waals surface area contributed by atoms with Crippen molar-refractivity contribution in [3.8, 4) is 5.75 Å². The largest absolute Gasteiger partial charge is 0.497 e. The topological polar surface area (TPSA) is 75.7 Å². The Morgan fingerprint density at radius 3 is 2.23 bits per heavy atom. The van der Waals surface area contributed by atoms with Gasteiger partial charge in [-0.15, -0.1) is 0 Å². The van der Waals surface area contributed by atoms with Crippen LogP contribution in [-0.4, -0.2) is 32.2 Å². The number of likely N-dealkylation sites (N-methyl/N-ethyl adjacent to an activating group) is 1. The van der Waals surface area contributed by atoms with Crippen molar-refractivity contribution < 1.29 is 17.9 Å². The van der Waals surface area contributed by atoms with Crippen LogP contribution >= 0.6 is 0 Å². The van der Waals surface area contributed by atoms with E-state index in [4.69, 9.17) is 4.74 Å². The van der Waals surface area contributed by atoms with Crippen molar-refractivity contribution in [2.45, 2.75) is 11.8 Å². The van der Waals surface area contributed by atoms with Crippen molar-refractivity contribution in [3.05, 3.63) is 95.7 Å². The summed E-state index contributed by atoms with van der Waals surface area (Å²) in [6.45, 7) is 1.84. The molecule has 3 aromatic carbocycles. The standard InChI is InChI=1S/C24H22N2O4S/c1-3-26-23(24(27)17-9-5-4-6-10-17)22(25-18-13-15-19(30-2)16-14-18)20-11-7-8-12-21(20)31(26,28)29/h4-16,25H,3H2,1-2H3. The number of carbonyl (C=O) groups excluding carboxylic acids is 1. The Bertz CT molecular complexity index is 1250. The zero-order valence-electron chi connectivity index (χ0n) is 17.2. The highest BCUT2D eigenvalue weighted by atomic mass is 32.2. The van der Waals surface area contributed by atoms with Crippen LogP contribution in [0.3, 0.4) is 0 Å². The van der Waals surface area contributed by atoms with E-state index >= 15 is 0 Å². The van der Waals surface area contributed by atoms with Crippen LogP contribution in [0.4, 0.5) is 5.69 Å². The number of benzene rings is 3. The highest BCUT2D eigenvalue weighted by molar-refractivity contribution is 7.89. The zero-order chi connectivity index (χ0) is 22.0. The smallest absolute Gasteiger partial charge is 0.265 e. The number of sulfonamides is 1. The van der Waals surface area contributed by atoms with Crippen molar-refractivity contribution in [3.63, 3.8) is 0 Å². The Morgan fingerprint density at radius 1 is 0.935 bits per heavy atom. The summed E-state index contributed by atoms with van der Waals surface area (Å²) >= 11 is 0. The minimum atomic E-state index is -3.88. The third-order valence-electron chi connectivity index (χ3n) is 5.11. The maximum absolute atomic E-state index is 13.5. The van der Waals surface area contributed by atoms with Crippen LogP contribution in [0.15, 0.2) is 89.5 Å². The van der Waals surface area contributed by atoms with Crippen molar-refractivity contribution in [1.82, 2.24) is 4.31 Å². The summed E-state index contributed by atoms with van der Waals surface area (Å²) in [5.74, 6) is 0.332. The van der Waals surface area contributed by atoms with Gasteiger partial charge in [0.25, 0.3) is 10.0 Å². The summed E-state index contributed by atoms with van der Waals surface area (Å²) in [7, 11) is -2.29. The lowest BCUT2D eigenvalue weighted by Crippen LogP contribution is -2.39. The quantitative estimate of drug-likeness (QED) is 0.583. The van der Waals surface area contributed by atoms with E-state index in [0.29, 0.717) is 28.3 Å². The number of Topliss-reactive ketones (excluding diaryl/α,β-unsaturated/α-hetero) is 1. The number of carbonyl (C=O) groups is 1. The number of hydrogen-bond acceptors (Lipinski definition) is 5. The van der Waals surface area contributed by atoms with Gasteiger partial charge in [0.2, 0.25) is 5.78 Å². The molecule has 0 bridgehead atoms. The molecule has 3 aromatic rings. The first-order valence-electron chi connectivity index (χ1n) is 9.84. The lowest BCUT2D eigenvalue weighted by Gasteiger charge is -2.33. The summed E-state index contributed by atoms with van der Waals surface area (Å²) in [6.07, 6.45) is 0. The van der Waals surface area contributed by atoms with Gasteiger partial charge in [0.1, 0.15) is 11.4 Å². The second-order valence-electron chi connectivity index (χ2n) is 6.94. The molecule has 1 aliphatic rings. The van der Waals surface area contributed by atoms with Crippen LogP contribution < -0.4 is 10.1 Å². The van der Waals surface area contributed by atoms with E-state index < -0.39 is 10.0 Å². The van der Waals surface area contributed by atoms with Gasteiger partial charge in [0.15, 0.2) is 0 Å². The number of anilines is 1. The fourth-order valence-electron chi connectivity index (χ4n) is 3.62. The van der Waals surface area contributed by atoms with Crippen molar-refractivity contribution in [2.24, 2.45) is 0 Å². The fraction of sp³-hybridized carbons (Fsp3) is 0.125. The van der Waals surface area contributed by atoms with Gasteiger partial charge in [0, 0.05) is 23.4 Å². The molecule has 31 heavy (non-hydrogen) atoms. The molecule has 1 N–H and O–H groups in total. The Hall–Kier alpha value is -3.58. The van der Waals surface area contributed by atoms with Gasteiger partial charge in [-0.05, 0) is 37.3 Å². The third-order valence-corrected chi connectivity index (χ3v) is 7.04. The monoisotopic (exact) mass is 434 g/mol. The molecule has 0 atom stereocenters. The number of ketones is 1. The highest BCUT2D eigenvalue weighted by Crippen LogP contribution is 2.38. The molecule has 0 spiro atoms. The molecule has 0 saturated heterocycles. The van der Waals surface area contributed by atoms with Gasteiger partial charge in [-0.25, -0.2) is 8.42 Å². The van der Waals surface area contributed by atoms with Gasteiger partial charge in [-0.2, -0.15) is 0 Å². The number of nitrogens with zero attached hydrogens (tertiary/aromatic N) is 1. The summed E-state index contributed by atoms with van der Waals surface area (Å²) in [6, 6.07) is 22.6. The second-order valence-corrected chi connectivity index (χ2v) is 8.77. The normalized spacial score (nSPS) is 14.7. The van der Waals surface area contributed by atoms with Crippen LogP contribution in [0.2, 0.25) is 0 Å². The molecule has 0 aromatic heterocycles. The average molecular weight is 435 g/mol. The first-order chi connectivity index (χ1) is 15.0. The van der Waals surface area contributed by atoms with E-state index in [1.807, 2.05) is 18.2 Å². The van der Waals surface area contributed by atoms with Crippen LogP contribution in [-0.2, 0) is 10.0 Å². The van der Waals surface area contributed by atoms with Gasteiger partial charge in [-0.1, -0.05) is 48.5 Å². The van der Waals surface area contributed by atoms with Crippen molar-refractivity contribution >= 4 is 27.2 Å².